The van der Waals surface area contributed by atoms with Gasteiger partial charge in [0.05, 0.1) is 12.3 Å². The molecule has 0 aliphatic heterocycles. The highest BCUT2D eigenvalue weighted by Crippen LogP contribution is 2.32. The standard InChI is InChI=1S/C9H18FNO/c10-6-3-7-12-9(8-11)4-1-2-5-9/h1-8,11H2. The molecule has 0 bridgehead atoms. The Morgan fingerprint density at radius 3 is 2.50 bits per heavy atom. The number of rotatable bonds is 5. The first-order chi connectivity index (χ1) is 5.83. The molecular formula is C9H18FNO. The fourth-order valence-corrected chi connectivity index (χ4v) is 1.77. The summed E-state index contributed by atoms with van der Waals surface area (Å²) < 4.78 is 17.4. The van der Waals surface area contributed by atoms with E-state index in [-0.39, 0.29) is 12.3 Å². The van der Waals surface area contributed by atoms with Gasteiger partial charge in [-0.25, -0.2) is 0 Å². The van der Waals surface area contributed by atoms with E-state index in [2.05, 4.69) is 0 Å². The second-order valence-corrected chi connectivity index (χ2v) is 3.49. The minimum Gasteiger partial charge on any atom is -0.374 e. The first-order valence-corrected chi connectivity index (χ1v) is 4.73. The maximum atomic E-state index is 11.8. The van der Waals surface area contributed by atoms with Crippen molar-refractivity contribution in [2.45, 2.75) is 37.7 Å². The zero-order chi connectivity index (χ0) is 8.86. The van der Waals surface area contributed by atoms with Gasteiger partial charge in [-0.15, -0.1) is 0 Å². The Bertz CT molecular complexity index is 124. The second-order valence-electron chi connectivity index (χ2n) is 3.49. The maximum Gasteiger partial charge on any atom is 0.0916 e. The lowest BCUT2D eigenvalue weighted by atomic mass is 10.0. The first kappa shape index (κ1) is 9.93. The van der Waals surface area contributed by atoms with Gasteiger partial charge in [0.1, 0.15) is 0 Å². The van der Waals surface area contributed by atoms with E-state index in [1.54, 1.807) is 0 Å². The predicted octanol–water partition coefficient (Wildman–Crippen LogP) is 1.63. The van der Waals surface area contributed by atoms with Crippen molar-refractivity contribution in [2.75, 3.05) is 19.8 Å². The number of hydrogen-bond donors (Lipinski definition) is 1. The van der Waals surface area contributed by atoms with Crippen LogP contribution in [0, 0.1) is 0 Å². The first-order valence-electron chi connectivity index (χ1n) is 4.73. The Balaban J connectivity index is 2.24. The summed E-state index contributed by atoms with van der Waals surface area (Å²) in [5.41, 5.74) is 5.53. The summed E-state index contributed by atoms with van der Waals surface area (Å²) in [6, 6.07) is 0. The van der Waals surface area contributed by atoms with Crippen molar-refractivity contribution in [2.24, 2.45) is 5.73 Å². The molecule has 0 spiro atoms. The second kappa shape index (κ2) is 4.77. The molecule has 0 aromatic carbocycles. The molecule has 0 amide bonds. The van der Waals surface area contributed by atoms with Crippen LogP contribution < -0.4 is 5.73 Å². The normalized spacial score (nSPS) is 21.5. The van der Waals surface area contributed by atoms with Crippen LogP contribution in [0.5, 0.6) is 0 Å². The monoisotopic (exact) mass is 175 g/mol. The summed E-state index contributed by atoms with van der Waals surface area (Å²) in [6.45, 7) is 0.813. The van der Waals surface area contributed by atoms with Gasteiger partial charge in [0, 0.05) is 13.2 Å². The van der Waals surface area contributed by atoms with Gasteiger partial charge < -0.3 is 10.5 Å². The lowest BCUT2D eigenvalue weighted by molar-refractivity contribution is -0.0358. The van der Waals surface area contributed by atoms with E-state index in [4.69, 9.17) is 10.5 Å². The van der Waals surface area contributed by atoms with E-state index in [0.717, 1.165) is 12.8 Å². The molecule has 1 rings (SSSR count). The van der Waals surface area contributed by atoms with E-state index >= 15 is 0 Å². The molecule has 0 aromatic heterocycles. The molecule has 1 saturated carbocycles. The van der Waals surface area contributed by atoms with Crippen molar-refractivity contribution in [3.05, 3.63) is 0 Å². The predicted molar refractivity (Wildman–Crippen MR) is 46.8 cm³/mol. The van der Waals surface area contributed by atoms with Crippen molar-refractivity contribution in [3.8, 4) is 0 Å². The van der Waals surface area contributed by atoms with Crippen molar-refractivity contribution in [1.82, 2.24) is 0 Å². The molecule has 3 heteroatoms. The number of nitrogens with two attached hydrogens (primary N) is 1. The summed E-state index contributed by atoms with van der Waals surface area (Å²) in [7, 11) is 0. The molecule has 2 N–H and O–H groups in total. The third kappa shape index (κ3) is 2.42. The van der Waals surface area contributed by atoms with Crippen molar-refractivity contribution in [1.29, 1.82) is 0 Å². The largest absolute Gasteiger partial charge is 0.374 e. The Morgan fingerprint density at radius 2 is 2.00 bits per heavy atom. The smallest absolute Gasteiger partial charge is 0.0916 e. The average molecular weight is 175 g/mol. The Kier molecular flexibility index (Phi) is 3.95. The molecule has 72 valence electrons. The number of halogens is 1. The van der Waals surface area contributed by atoms with E-state index < -0.39 is 0 Å². The topological polar surface area (TPSA) is 35.2 Å². The molecule has 0 radical (unpaired) electrons. The molecule has 2 nitrogen and oxygen atoms in total. The highest BCUT2D eigenvalue weighted by molar-refractivity contribution is 4.87. The molecule has 0 atom stereocenters. The van der Waals surface area contributed by atoms with Crippen LogP contribution in [0.3, 0.4) is 0 Å². The van der Waals surface area contributed by atoms with Gasteiger partial charge in [0.15, 0.2) is 0 Å². The Labute approximate surface area is 73.3 Å². The van der Waals surface area contributed by atoms with Crippen LogP contribution in [0.1, 0.15) is 32.1 Å². The van der Waals surface area contributed by atoms with Gasteiger partial charge in [0.25, 0.3) is 0 Å². The molecule has 0 unspecified atom stereocenters. The molecule has 0 aromatic rings. The van der Waals surface area contributed by atoms with Crippen molar-refractivity contribution < 1.29 is 9.13 Å². The summed E-state index contributed by atoms with van der Waals surface area (Å²) >= 11 is 0. The zero-order valence-electron chi connectivity index (χ0n) is 7.52. The Morgan fingerprint density at radius 1 is 1.33 bits per heavy atom. The van der Waals surface area contributed by atoms with Gasteiger partial charge in [-0.2, -0.15) is 0 Å². The molecule has 1 aliphatic rings. The van der Waals surface area contributed by atoms with E-state index in [0.29, 0.717) is 19.6 Å². The molecule has 0 saturated heterocycles. The summed E-state index contributed by atoms with van der Waals surface area (Å²) in [5, 5.41) is 0. The van der Waals surface area contributed by atoms with Crippen molar-refractivity contribution in [3.63, 3.8) is 0 Å². The highest BCUT2D eigenvalue weighted by atomic mass is 19.1. The van der Waals surface area contributed by atoms with Gasteiger partial charge in [-0.1, -0.05) is 12.8 Å². The van der Waals surface area contributed by atoms with Gasteiger partial charge in [-0.05, 0) is 19.3 Å². The van der Waals surface area contributed by atoms with Crippen LogP contribution in [0.25, 0.3) is 0 Å². The third-order valence-electron chi connectivity index (χ3n) is 2.57. The zero-order valence-corrected chi connectivity index (χ0v) is 7.52. The van der Waals surface area contributed by atoms with Gasteiger partial charge >= 0.3 is 0 Å². The van der Waals surface area contributed by atoms with Gasteiger partial charge in [0.2, 0.25) is 0 Å². The van der Waals surface area contributed by atoms with Crippen LogP contribution in [0.4, 0.5) is 4.39 Å². The fourth-order valence-electron chi connectivity index (χ4n) is 1.77. The highest BCUT2D eigenvalue weighted by Gasteiger charge is 2.32. The van der Waals surface area contributed by atoms with Crippen molar-refractivity contribution >= 4 is 0 Å². The number of alkyl halides is 1. The SMILES string of the molecule is NCC1(OCCCF)CCCC1. The number of ether oxygens (including phenoxy) is 1. The molecule has 0 heterocycles. The molecule has 12 heavy (non-hydrogen) atoms. The summed E-state index contributed by atoms with van der Waals surface area (Å²) in [6.07, 6.45) is 5.01. The van der Waals surface area contributed by atoms with Crippen LogP contribution in [0.2, 0.25) is 0 Å². The minimum absolute atomic E-state index is 0.102. The number of hydrogen-bond acceptors (Lipinski definition) is 2. The minimum atomic E-state index is -0.291. The maximum absolute atomic E-state index is 11.8. The van der Waals surface area contributed by atoms with E-state index in [9.17, 15) is 4.39 Å². The third-order valence-corrected chi connectivity index (χ3v) is 2.57. The molecular weight excluding hydrogens is 157 g/mol. The lowest BCUT2D eigenvalue weighted by Crippen LogP contribution is -2.38. The van der Waals surface area contributed by atoms with E-state index in [1.165, 1.54) is 12.8 Å². The average Bonchev–Trinajstić information content (AvgIpc) is 2.55. The fraction of sp³-hybridized carbons (Fsp3) is 1.00. The van der Waals surface area contributed by atoms with Crippen LogP contribution >= 0.6 is 0 Å². The molecule has 1 fully saturated rings. The van der Waals surface area contributed by atoms with Gasteiger partial charge in [-0.3, -0.25) is 4.39 Å². The van der Waals surface area contributed by atoms with Crippen LogP contribution in [-0.4, -0.2) is 25.4 Å². The lowest BCUT2D eigenvalue weighted by Gasteiger charge is -2.27. The Hall–Kier alpha value is -0.150. The molecule has 1 aliphatic carbocycles. The summed E-state index contributed by atoms with van der Waals surface area (Å²) in [4.78, 5) is 0. The van der Waals surface area contributed by atoms with E-state index in [1.807, 2.05) is 0 Å². The quantitative estimate of drug-likeness (QED) is 0.645. The van der Waals surface area contributed by atoms with Crippen LogP contribution in [0.15, 0.2) is 0 Å². The summed E-state index contributed by atoms with van der Waals surface area (Å²) in [5.74, 6) is 0. The van der Waals surface area contributed by atoms with Crippen LogP contribution in [-0.2, 0) is 4.74 Å².